The molecule has 19 nitrogen and oxygen atoms in total. The fourth-order valence-corrected chi connectivity index (χ4v) is 9.80. The Hall–Kier alpha value is -6.86. The second-order valence-electron chi connectivity index (χ2n) is 18.8. The summed E-state index contributed by atoms with van der Waals surface area (Å²) in [5, 5.41) is 19.6. The number of nitro groups is 1. The summed E-state index contributed by atoms with van der Waals surface area (Å²) >= 11 is 28.7. The molecule has 1 fully saturated rings. The molecule has 85 heavy (non-hydrogen) atoms. The maximum atomic E-state index is 12.7. The van der Waals surface area contributed by atoms with E-state index in [-0.39, 0.29) is 74.6 Å². The van der Waals surface area contributed by atoms with Crippen LogP contribution in [-0.4, -0.2) is 115 Å². The van der Waals surface area contributed by atoms with E-state index in [2.05, 4.69) is 13.0 Å². The number of alkyl halides is 6. The highest BCUT2D eigenvalue weighted by Crippen LogP contribution is 2.38. The molecule has 2 amide bonds. The van der Waals surface area contributed by atoms with Gasteiger partial charge in [0.2, 0.25) is 5.91 Å². The van der Waals surface area contributed by atoms with Gasteiger partial charge < -0.3 is 33.9 Å². The van der Waals surface area contributed by atoms with Gasteiger partial charge in [0.1, 0.15) is 35.7 Å². The number of ketones is 3. The third-order valence-electron chi connectivity index (χ3n) is 12.5. The monoisotopic (exact) mass is 1300 g/mol. The van der Waals surface area contributed by atoms with Crippen molar-refractivity contribution in [1.82, 2.24) is 0 Å². The molecular formula is C57H57Cl5F3N3O16S. The lowest BCUT2D eigenvalue weighted by Gasteiger charge is -2.35. The van der Waals surface area contributed by atoms with Gasteiger partial charge in [0.25, 0.3) is 11.6 Å². The largest absolute Gasteiger partial charge is 0.489 e. The van der Waals surface area contributed by atoms with E-state index < -0.39 is 83.9 Å². The quantitative estimate of drug-likeness (QED) is 0.0240. The first-order chi connectivity index (χ1) is 39.8. The second kappa shape index (κ2) is 31.5. The zero-order valence-electron chi connectivity index (χ0n) is 46.4. The van der Waals surface area contributed by atoms with Crippen LogP contribution in [0.5, 0.6) is 17.2 Å². The highest BCUT2D eigenvalue weighted by Gasteiger charge is 2.40. The fourth-order valence-electron chi connectivity index (χ4n) is 8.40. The molecule has 3 atom stereocenters. The number of carbonyl (C=O) groups is 7. The van der Waals surface area contributed by atoms with Gasteiger partial charge in [0, 0.05) is 32.3 Å². The van der Waals surface area contributed by atoms with Crippen molar-refractivity contribution in [2.75, 3.05) is 42.3 Å². The van der Waals surface area contributed by atoms with E-state index in [4.69, 9.17) is 82.1 Å². The van der Waals surface area contributed by atoms with E-state index >= 15 is 0 Å². The number of Topliss-reactive ketones (excluding diaryl/α,β-unsaturated/α-hetero) is 3. The molecule has 1 N–H and O–H groups in total. The number of esters is 1. The number of benzene rings is 5. The zero-order valence-corrected chi connectivity index (χ0v) is 51.0. The zero-order chi connectivity index (χ0) is 63.8. The van der Waals surface area contributed by atoms with Gasteiger partial charge in [0.15, 0.2) is 38.1 Å². The molecule has 0 radical (unpaired) electrons. The van der Waals surface area contributed by atoms with Crippen LogP contribution >= 0.6 is 58.0 Å². The summed E-state index contributed by atoms with van der Waals surface area (Å²) in [5.74, 6) is -5.74. The summed E-state index contributed by atoms with van der Waals surface area (Å²) in [4.78, 5) is 95.1. The Morgan fingerprint density at radius 3 is 2.11 bits per heavy atom. The summed E-state index contributed by atoms with van der Waals surface area (Å²) in [5.41, 5.74) is 1.65. The molecule has 0 saturated heterocycles. The van der Waals surface area contributed by atoms with Crippen molar-refractivity contribution in [1.29, 1.82) is 0 Å². The minimum atomic E-state index is -4.56. The van der Waals surface area contributed by atoms with Crippen molar-refractivity contribution in [3.05, 3.63) is 145 Å². The molecule has 28 heteroatoms. The normalized spacial score (nSPS) is 14.7. The summed E-state index contributed by atoms with van der Waals surface area (Å²) in [6.07, 6.45) is -3.71. The molecule has 1 aliphatic carbocycles. The van der Waals surface area contributed by atoms with Gasteiger partial charge in [-0.25, -0.2) is 18.0 Å². The van der Waals surface area contributed by atoms with Crippen molar-refractivity contribution >= 4 is 126 Å². The third kappa shape index (κ3) is 19.1. The SMILES string of the molecule is CC1COc2ccccc2N1C(=O)C(Cl)Cl.CCc1cccc(C)c1N(C(=O)CCl)C(C)COC.CS(=O)(=O)c1ccc(C(=O)C2C(=O)CCCC2=O)c([N+](=O)[O-])c1.C[C@H](OC(=O)c1cc(Oc2ccc(C(F)(F)F)cc2Cl)ccc1Cl)C(=O)O. The number of carboxylic acids is 1. The number of anilines is 2. The van der Waals surface area contributed by atoms with Crippen LogP contribution < -0.4 is 19.3 Å². The lowest BCUT2D eigenvalue weighted by Crippen LogP contribution is -2.47. The molecule has 1 heterocycles. The number of amides is 2. The first-order valence-electron chi connectivity index (χ1n) is 25.4. The smallest absolute Gasteiger partial charge is 0.416 e. The number of aliphatic carboxylic acids is 1. The van der Waals surface area contributed by atoms with E-state index in [0.717, 1.165) is 78.5 Å². The number of aryl methyl sites for hydroxylation is 2. The highest BCUT2D eigenvalue weighted by molar-refractivity contribution is 7.90. The van der Waals surface area contributed by atoms with Gasteiger partial charge in [-0.05, 0) is 112 Å². The Morgan fingerprint density at radius 1 is 0.906 bits per heavy atom. The number of para-hydroxylation sites is 3. The minimum absolute atomic E-state index is 0.0223. The minimum Gasteiger partial charge on any atom is -0.489 e. The fraction of sp³-hybridized carbons (Fsp3) is 0.351. The lowest BCUT2D eigenvalue weighted by atomic mass is 9.81. The van der Waals surface area contributed by atoms with E-state index in [9.17, 15) is 65.3 Å². The van der Waals surface area contributed by atoms with E-state index in [1.165, 1.54) is 12.1 Å². The Bertz CT molecular complexity index is 3410. The maximum Gasteiger partial charge on any atom is 0.416 e. The number of halogens is 8. The van der Waals surface area contributed by atoms with Crippen molar-refractivity contribution in [2.45, 2.75) is 94.4 Å². The number of ether oxygens (including phenoxy) is 4. The number of nitrogens with zero attached hydrogens (tertiary/aromatic N) is 3. The Morgan fingerprint density at radius 2 is 1.55 bits per heavy atom. The van der Waals surface area contributed by atoms with Crippen LogP contribution in [0.2, 0.25) is 10.0 Å². The summed E-state index contributed by atoms with van der Waals surface area (Å²) in [6, 6.07) is 22.4. The molecule has 5 aromatic carbocycles. The van der Waals surface area contributed by atoms with Crippen LogP contribution in [0, 0.1) is 23.0 Å². The highest BCUT2D eigenvalue weighted by atomic mass is 35.5. The summed E-state index contributed by atoms with van der Waals surface area (Å²) in [6.45, 7) is 10.1. The van der Waals surface area contributed by atoms with Gasteiger partial charge >= 0.3 is 18.1 Å². The number of methoxy groups -OCH3 is 1. The number of fused-ring (bicyclic) bond motifs is 1. The number of rotatable bonds is 16. The van der Waals surface area contributed by atoms with E-state index in [1.54, 1.807) is 16.9 Å². The molecule has 7 rings (SSSR count). The first-order valence-corrected chi connectivity index (χ1v) is 29.5. The standard InChI is InChI=1S/C17H11Cl2F3O5.C15H22ClNO2.C14H13NO7S.C11H11Cl2NO2/c1-8(15(23)24)26-16(25)11-7-10(3-4-12(11)18)27-14-5-2-9(6-13(14)19)17(20,21)22;1-5-13-8-6-7-11(2)15(13)17(14(18)9-16)12(3)10-19-4;1-23(21,22)8-5-6-9(10(7-8)15(19)20)14(18)13-11(16)3-2-4-12(13)17;1-7-6-16-9-5-3-2-4-8(9)14(7)11(15)10(12)13/h2-8H,1H3,(H,23,24);6-8,12H,5,9-10H2,1-4H3;5-7,13H,2-4H2,1H3;2-5,7,10H,6H2,1H3/t8-;;;/m0.../s1. The first kappa shape index (κ1) is 70.6. The number of hydrogen-bond acceptors (Lipinski definition) is 15. The van der Waals surface area contributed by atoms with E-state index in [0.29, 0.717) is 31.5 Å². The Balaban J connectivity index is 0.000000247. The van der Waals surface area contributed by atoms with Crippen molar-refractivity contribution < 1.29 is 84.1 Å². The number of carbonyl (C=O) groups excluding carboxylic acids is 6. The predicted octanol–water partition coefficient (Wildman–Crippen LogP) is 12.3. The number of carboxylic acid groups (broad SMARTS) is 1. The molecule has 1 aliphatic heterocycles. The van der Waals surface area contributed by atoms with Crippen LogP contribution in [-0.2, 0) is 55.9 Å². The number of sulfone groups is 1. The molecule has 1 saturated carbocycles. The topological polar surface area (TPSA) is 260 Å². The van der Waals surface area contributed by atoms with Gasteiger partial charge in [-0.1, -0.05) is 83.7 Å². The Kier molecular flexibility index (Phi) is 26.2. The lowest BCUT2D eigenvalue weighted by molar-refractivity contribution is -0.385. The molecule has 0 aromatic heterocycles. The van der Waals surface area contributed by atoms with E-state index in [1.807, 2.05) is 57.2 Å². The molecule has 5 aromatic rings. The van der Waals surface area contributed by atoms with Gasteiger partial charge in [-0.2, -0.15) is 13.2 Å². The van der Waals surface area contributed by atoms with Crippen LogP contribution in [0.4, 0.5) is 30.2 Å². The van der Waals surface area contributed by atoms with Crippen molar-refractivity contribution in [3.8, 4) is 17.2 Å². The predicted molar refractivity (Wildman–Crippen MR) is 313 cm³/mol. The average Bonchev–Trinajstić information content (AvgIpc) is 1.89. The molecule has 0 bridgehead atoms. The van der Waals surface area contributed by atoms with Gasteiger partial charge in [0.05, 0.1) is 66.6 Å². The van der Waals surface area contributed by atoms with Crippen LogP contribution in [0.3, 0.4) is 0 Å². The third-order valence-corrected chi connectivity index (χ3v) is 14.9. The van der Waals surface area contributed by atoms with Crippen molar-refractivity contribution in [3.63, 3.8) is 0 Å². The van der Waals surface area contributed by atoms with Gasteiger partial charge in [-0.3, -0.25) is 34.1 Å². The molecule has 0 spiro atoms. The molecule has 2 unspecified atom stereocenters. The second-order valence-corrected chi connectivity index (χ2v) is 23.0. The van der Waals surface area contributed by atoms with Crippen molar-refractivity contribution in [2.24, 2.45) is 5.92 Å². The van der Waals surface area contributed by atoms with Crippen LogP contribution in [0.1, 0.15) is 84.4 Å². The molecule has 2 aliphatic rings. The van der Waals surface area contributed by atoms with Crippen LogP contribution in [0.15, 0.2) is 102 Å². The van der Waals surface area contributed by atoms with Gasteiger partial charge in [-0.15, -0.1) is 11.6 Å². The number of hydrogen-bond donors (Lipinski definition) is 1. The average molecular weight is 1310 g/mol. The Labute approximate surface area is 512 Å². The summed E-state index contributed by atoms with van der Waals surface area (Å²) in [7, 11) is -2.06. The van der Waals surface area contributed by atoms with Crippen LogP contribution in [0.25, 0.3) is 0 Å². The molecular weight excluding hydrogens is 1250 g/mol. The summed E-state index contributed by atoms with van der Waals surface area (Å²) < 4.78 is 81.8. The maximum absolute atomic E-state index is 12.7. The number of nitro benzene ring substituents is 1. The molecule has 458 valence electrons.